The second-order valence-corrected chi connectivity index (χ2v) is 6.71. The zero-order valence-electron chi connectivity index (χ0n) is 11.2. The minimum atomic E-state index is 0.243. The van der Waals surface area contributed by atoms with Crippen LogP contribution in [-0.2, 0) is 6.42 Å². The molecule has 0 amide bonds. The number of aromatic nitrogens is 1. The number of thiazole rings is 1. The molecule has 5 heteroatoms. The highest BCUT2D eigenvalue weighted by Gasteiger charge is 2.10. The van der Waals surface area contributed by atoms with E-state index in [1.165, 1.54) is 10.5 Å². The summed E-state index contributed by atoms with van der Waals surface area (Å²) in [5.74, 6) is 6.57. The first-order valence-corrected chi connectivity index (χ1v) is 8.10. The van der Waals surface area contributed by atoms with E-state index in [9.17, 15) is 0 Å². The summed E-state index contributed by atoms with van der Waals surface area (Å²) in [6, 6.07) is 8.82. The van der Waals surface area contributed by atoms with Gasteiger partial charge in [-0.1, -0.05) is 17.7 Å². The van der Waals surface area contributed by atoms with Crippen molar-refractivity contribution in [3.8, 4) is 0 Å². The molecule has 0 fully saturated rings. The Labute approximate surface area is 122 Å². The molecule has 2 rings (SSSR count). The van der Waals surface area contributed by atoms with Crippen molar-refractivity contribution < 1.29 is 0 Å². The summed E-state index contributed by atoms with van der Waals surface area (Å²) in [6.07, 6.45) is 0.875. The molecule has 2 aromatic rings. The predicted molar refractivity (Wildman–Crippen MR) is 83.6 cm³/mol. The topological polar surface area (TPSA) is 50.9 Å². The van der Waals surface area contributed by atoms with Crippen LogP contribution < -0.4 is 11.3 Å². The molecule has 102 valence electrons. The summed E-state index contributed by atoms with van der Waals surface area (Å²) < 4.78 is 0. The van der Waals surface area contributed by atoms with Gasteiger partial charge >= 0.3 is 0 Å². The molecular weight excluding hydrogens is 274 g/mol. The van der Waals surface area contributed by atoms with Gasteiger partial charge in [0.05, 0.1) is 10.7 Å². The number of thioether (sulfide) groups is 1. The molecule has 1 unspecified atom stereocenters. The molecule has 0 aliphatic heterocycles. The first kappa shape index (κ1) is 14.5. The Hall–Kier alpha value is -0.880. The molecule has 1 heterocycles. The average molecular weight is 293 g/mol. The highest BCUT2D eigenvalue weighted by atomic mass is 32.2. The maximum atomic E-state index is 5.63. The fourth-order valence-corrected chi connectivity index (χ4v) is 3.31. The van der Waals surface area contributed by atoms with Crippen molar-refractivity contribution in [3.05, 3.63) is 45.9 Å². The Morgan fingerprint density at radius 2 is 2.05 bits per heavy atom. The van der Waals surface area contributed by atoms with Crippen LogP contribution in [0.15, 0.2) is 34.5 Å². The predicted octanol–water partition coefficient (Wildman–Crippen LogP) is 2.93. The Kier molecular flexibility index (Phi) is 5.39. The fourth-order valence-electron chi connectivity index (χ4n) is 1.75. The lowest BCUT2D eigenvalue weighted by atomic mass is 10.2. The molecule has 0 aliphatic carbocycles. The lowest BCUT2D eigenvalue weighted by Gasteiger charge is -2.14. The van der Waals surface area contributed by atoms with Crippen molar-refractivity contribution in [1.82, 2.24) is 10.4 Å². The van der Waals surface area contributed by atoms with Crippen molar-refractivity contribution in [3.63, 3.8) is 0 Å². The molecular formula is C14H19N3S2. The number of nitrogens with one attached hydrogen (secondary N) is 1. The number of hydrogen-bond donors (Lipinski definition) is 2. The third kappa shape index (κ3) is 4.62. The van der Waals surface area contributed by atoms with Crippen molar-refractivity contribution in [2.75, 3.05) is 5.75 Å². The van der Waals surface area contributed by atoms with E-state index in [4.69, 9.17) is 5.84 Å². The first-order valence-electron chi connectivity index (χ1n) is 6.24. The van der Waals surface area contributed by atoms with E-state index < -0.39 is 0 Å². The maximum Gasteiger partial charge on any atom is 0.0897 e. The number of aryl methyl sites for hydroxylation is 2. The molecule has 0 spiro atoms. The molecule has 3 nitrogen and oxygen atoms in total. The molecule has 19 heavy (non-hydrogen) atoms. The summed E-state index contributed by atoms with van der Waals surface area (Å²) in [4.78, 5) is 5.76. The van der Waals surface area contributed by atoms with E-state index in [0.717, 1.165) is 22.9 Å². The first-order chi connectivity index (χ1) is 9.17. The SMILES string of the molecule is Cc1ccc(SCC(Cc2csc(C)n2)NN)cc1. The van der Waals surface area contributed by atoms with Crippen LogP contribution in [0.2, 0.25) is 0 Å². The van der Waals surface area contributed by atoms with Crippen LogP contribution in [0.3, 0.4) is 0 Å². The minimum Gasteiger partial charge on any atom is -0.271 e. The fraction of sp³-hybridized carbons (Fsp3) is 0.357. The van der Waals surface area contributed by atoms with E-state index in [-0.39, 0.29) is 6.04 Å². The second kappa shape index (κ2) is 7.05. The van der Waals surface area contributed by atoms with Crippen molar-refractivity contribution in [2.45, 2.75) is 31.2 Å². The lowest BCUT2D eigenvalue weighted by molar-refractivity contribution is 0.570. The van der Waals surface area contributed by atoms with Crippen LogP contribution in [0.25, 0.3) is 0 Å². The number of nitrogens with zero attached hydrogens (tertiary/aromatic N) is 1. The van der Waals surface area contributed by atoms with E-state index in [1.54, 1.807) is 11.3 Å². The number of hydrazine groups is 1. The van der Waals surface area contributed by atoms with Gasteiger partial charge in [-0.15, -0.1) is 23.1 Å². The van der Waals surface area contributed by atoms with Gasteiger partial charge in [0.25, 0.3) is 0 Å². The Bertz CT molecular complexity index is 508. The van der Waals surface area contributed by atoms with E-state index in [0.29, 0.717) is 0 Å². The third-order valence-corrected chi connectivity index (χ3v) is 4.83. The van der Waals surface area contributed by atoms with Gasteiger partial charge in [-0.2, -0.15) is 0 Å². The van der Waals surface area contributed by atoms with E-state index in [1.807, 2.05) is 18.7 Å². The van der Waals surface area contributed by atoms with Crippen LogP contribution in [0, 0.1) is 13.8 Å². The molecule has 1 aromatic carbocycles. The number of benzene rings is 1. The molecule has 0 bridgehead atoms. The Morgan fingerprint density at radius 3 is 2.63 bits per heavy atom. The third-order valence-electron chi connectivity index (χ3n) is 2.83. The number of hydrogen-bond acceptors (Lipinski definition) is 5. The van der Waals surface area contributed by atoms with Crippen LogP contribution in [0.5, 0.6) is 0 Å². The van der Waals surface area contributed by atoms with Crippen molar-refractivity contribution in [2.24, 2.45) is 5.84 Å². The quantitative estimate of drug-likeness (QED) is 0.488. The van der Waals surface area contributed by atoms with Crippen LogP contribution in [-0.4, -0.2) is 16.8 Å². The van der Waals surface area contributed by atoms with Gasteiger partial charge in [-0.05, 0) is 26.0 Å². The standard InChI is InChI=1S/C14H19N3S2/c1-10-3-5-14(6-4-10)19-9-13(17-15)7-12-8-18-11(2)16-12/h3-6,8,13,17H,7,9,15H2,1-2H3. The summed E-state index contributed by atoms with van der Waals surface area (Å²) in [5.41, 5.74) is 5.29. The molecule has 0 radical (unpaired) electrons. The second-order valence-electron chi connectivity index (χ2n) is 4.55. The van der Waals surface area contributed by atoms with Gasteiger partial charge in [0, 0.05) is 28.5 Å². The van der Waals surface area contributed by atoms with E-state index in [2.05, 4.69) is 47.0 Å². The Balaban J connectivity index is 1.87. The highest BCUT2D eigenvalue weighted by molar-refractivity contribution is 7.99. The molecule has 0 saturated heterocycles. The smallest absolute Gasteiger partial charge is 0.0897 e. The molecule has 1 aromatic heterocycles. The molecule has 1 atom stereocenters. The maximum absolute atomic E-state index is 5.63. The summed E-state index contributed by atoms with van der Waals surface area (Å²) in [7, 11) is 0. The van der Waals surface area contributed by atoms with Crippen LogP contribution in [0.1, 0.15) is 16.3 Å². The molecule has 0 saturated carbocycles. The zero-order chi connectivity index (χ0) is 13.7. The number of rotatable bonds is 6. The highest BCUT2D eigenvalue weighted by Crippen LogP contribution is 2.20. The normalized spacial score (nSPS) is 12.6. The van der Waals surface area contributed by atoms with E-state index >= 15 is 0 Å². The minimum absolute atomic E-state index is 0.243. The average Bonchev–Trinajstić information content (AvgIpc) is 2.82. The summed E-state index contributed by atoms with van der Waals surface area (Å²) in [6.45, 7) is 4.13. The lowest BCUT2D eigenvalue weighted by Crippen LogP contribution is -2.38. The van der Waals surface area contributed by atoms with Gasteiger partial charge in [0.2, 0.25) is 0 Å². The largest absolute Gasteiger partial charge is 0.271 e. The monoisotopic (exact) mass is 293 g/mol. The van der Waals surface area contributed by atoms with Gasteiger partial charge in [-0.25, -0.2) is 4.98 Å². The summed E-state index contributed by atoms with van der Waals surface area (Å²) in [5, 5.41) is 3.22. The van der Waals surface area contributed by atoms with Gasteiger partial charge in [0.15, 0.2) is 0 Å². The van der Waals surface area contributed by atoms with Crippen LogP contribution >= 0.6 is 23.1 Å². The van der Waals surface area contributed by atoms with Gasteiger partial charge in [0.1, 0.15) is 0 Å². The molecule has 0 aliphatic rings. The number of nitrogens with two attached hydrogens (primary N) is 1. The molecule has 3 N–H and O–H groups in total. The van der Waals surface area contributed by atoms with Gasteiger partial charge < -0.3 is 0 Å². The van der Waals surface area contributed by atoms with Gasteiger partial charge in [-0.3, -0.25) is 11.3 Å². The van der Waals surface area contributed by atoms with Crippen molar-refractivity contribution in [1.29, 1.82) is 0 Å². The van der Waals surface area contributed by atoms with Crippen LogP contribution in [0.4, 0.5) is 0 Å². The zero-order valence-corrected chi connectivity index (χ0v) is 12.9. The Morgan fingerprint density at radius 1 is 1.32 bits per heavy atom. The van der Waals surface area contributed by atoms with Crippen molar-refractivity contribution >= 4 is 23.1 Å². The summed E-state index contributed by atoms with van der Waals surface area (Å²) >= 11 is 3.51.